The molecule has 6 heteroatoms. The van der Waals surface area contributed by atoms with Crippen molar-refractivity contribution < 1.29 is 0 Å². The summed E-state index contributed by atoms with van der Waals surface area (Å²) in [7, 11) is 2.15. The van der Waals surface area contributed by atoms with Crippen LogP contribution in [0.3, 0.4) is 0 Å². The number of hydrogen-bond donors (Lipinski definition) is 1. The molecule has 1 aromatic rings. The van der Waals surface area contributed by atoms with E-state index in [1.165, 1.54) is 6.33 Å². The molecular weight excluding hydrogens is 282 g/mol. The van der Waals surface area contributed by atoms with Crippen molar-refractivity contribution in [1.82, 2.24) is 14.9 Å². The summed E-state index contributed by atoms with van der Waals surface area (Å²) in [5, 5.41) is 0. The van der Waals surface area contributed by atoms with Crippen LogP contribution in [0.2, 0.25) is 0 Å². The second-order valence-corrected chi connectivity index (χ2v) is 5.85. The van der Waals surface area contributed by atoms with Crippen molar-refractivity contribution in [3.63, 3.8) is 0 Å². The molecular formula is C11H18BrN5. The van der Waals surface area contributed by atoms with Crippen molar-refractivity contribution in [2.24, 2.45) is 0 Å². The minimum absolute atomic E-state index is 0.136. The lowest BCUT2D eigenvalue weighted by Gasteiger charge is -2.45. The van der Waals surface area contributed by atoms with Gasteiger partial charge < -0.3 is 10.6 Å². The zero-order valence-corrected chi connectivity index (χ0v) is 12.0. The van der Waals surface area contributed by atoms with Gasteiger partial charge in [-0.2, -0.15) is 0 Å². The molecule has 2 N–H and O–H groups in total. The average Bonchev–Trinajstić information content (AvgIpc) is 2.26. The maximum absolute atomic E-state index is 5.79. The Bertz CT molecular complexity index is 420. The topological polar surface area (TPSA) is 58.3 Å². The standard InChI is InChI=1S/C11H18BrN5/c1-11(2)6-17(5-4-16(11)3)10-8(12)9(13)14-7-15-10/h7H,4-6H2,1-3H3,(H2,13,14,15). The maximum atomic E-state index is 5.79. The van der Waals surface area contributed by atoms with Crippen LogP contribution < -0.4 is 10.6 Å². The zero-order chi connectivity index (χ0) is 12.6. The van der Waals surface area contributed by atoms with Crippen LogP contribution in [0, 0.1) is 0 Å². The Balaban J connectivity index is 2.27. The summed E-state index contributed by atoms with van der Waals surface area (Å²) in [4.78, 5) is 12.9. The van der Waals surface area contributed by atoms with Crippen LogP contribution in [0.15, 0.2) is 10.8 Å². The highest BCUT2D eigenvalue weighted by Crippen LogP contribution is 2.30. The average molecular weight is 300 g/mol. The van der Waals surface area contributed by atoms with Crippen molar-refractivity contribution in [2.45, 2.75) is 19.4 Å². The number of nitrogen functional groups attached to an aromatic ring is 1. The predicted molar refractivity (Wildman–Crippen MR) is 73.1 cm³/mol. The van der Waals surface area contributed by atoms with Crippen LogP contribution in [0.4, 0.5) is 11.6 Å². The number of rotatable bonds is 1. The highest BCUT2D eigenvalue weighted by Gasteiger charge is 2.32. The monoisotopic (exact) mass is 299 g/mol. The third kappa shape index (κ3) is 2.37. The molecule has 5 nitrogen and oxygen atoms in total. The van der Waals surface area contributed by atoms with Gasteiger partial charge in [0.25, 0.3) is 0 Å². The van der Waals surface area contributed by atoms with Gasteiger partial charge in [0.2, 0.25) is 0 Å². The van der Waals surface area contributed by atoms with Crippen LogP contribution >= 0.6 is 15.9 Å². The number of aromatic nitrogens is 2. The molecule has 0 amide bonds. The fraction of sp³-hybridized carbons (Fsp3) is 0.636. The van der Waals surface area contributed by atoms with Gasteiger partial charge in [0.05, 0.1) is 0 Å². The molecule has 0 bridgehead atoms. The molecule has 0 atom stereocenters. The van der Waals surface area contributed by atoms with Gasteiger partial charge in [0.15, 0.2) is 0 Å². The van der Waals surface area contributed by atoms with Crippen LogP contribution in [0.1, 0.15) is 13.8 Å². The molecule has 1 aliphatic heterocycles. The molecule has 0 aliphatic carbocycles. The van der Waals surface area contributed by atoms with E-state index in [9.17, 15) is 0 Å². The number of nitrogens with two attached hydrogens (primary N) is 1. The molecule has 0 aromatic carbocycles. The molecule has 17 heavy (non-hydrogen) atoms. The molecule has 0 unspecified atom stereocenters. The Labute approximate surface area is 110 Å². The van der Waals surface area contributed by atoms with Crippen molar-refractivity contribution in [1.29, 1.82) is 0 Å². The lowest BCUT2D eigenvalue weighted by Crippen LogP contribution is -2.58. The van der Waals surface area contributed by atoms with Gasteiger partial charge in [-0.1, -0.05) is 0 Å². The Kier molecular flexibility index (Phi) is 3.27. The smallest absolute Gasteiger partial charge is 0.148 e. The molecule has 0 radical (unpaired) electrons. The van der Waals surface area contributed by atoms with Crippen LogP contribution in [-0.2, 0) is 0 Å². The summed E-state index contributed by atoms with van der Waals surface area (Å²) in [5.41, 5.74) is 5.92. The summed E-state index contributed by atoms with van der Waals surface area (Å²) >= 11 is 3.46. The summed E-state index contributed by atoms with van der Waals surface area (Å²) < 4.78 is 0.792. The Hall–Kier alpha value is -0.880. The SMILES string of the molecule is CN1CCN(c2ncnc(N)c2Br)CC1(C)C. The van der Waals surface area contributed by atoms with Crippen molar-refractivity contribution in [3.05, 3.63) is 10.8 Å². The predicted octanol–water partition coefficient (Wildman–Crippen LogP) is 1.35. The molecule has 1 aromatic heterocycles. The van der Waals surface area contributed by atoms with E-state index < -0.39 is 0 Å². The first-order chi connectivity index (χ1) is 7.92. The molecule has 2 rings (SSSR count). The maximum Gasteiger partial charge on any atom is 0.148 e. The van der Waals surface area contributed by atoms with Gasteiger partial charge in [0.1, 0.15) is 22.4 Å². The first-order valence-electron chi connectivity index (χ1n) is 5.64. The zero-order valence-electron chi connectivity index (χ0n) is 10.4. The van der Waals surface area contributed by atoms with E-state index in [0.717, 1.165) is 29.9 Å². The highest BCUT2D eigenvalue weighted by molar-refractivity contribution is 9.10. The van der Waals surface area contributed by atoms with E-state index in [1.807, 2.05) is 0 Å². The van der Waals surface area contributed by atoms with Crippen LogP contribution in [0.5, 0.6) is 0 Å². The van der Waals surface area contributed by atoms with Crippen LogP contribution in [-0.4, -0.2) is 47.1 Å². The number of hydrogen-bond acceptors (Lipinski definition) is 5. The summed E-state index contributed by atoms with van der Waals surface area (Å²) in [6, 6.07) is 0. The Morgan fingerprint density at radius 2 is 2.06 bits per heavy atom. The second kappa shape index (κ2) is 4.42. The number of piperazine rings is 1. The third-order valence-corrected chi connectivity index (χ3v) is 4.17. The van der Waals surface area contributed by atoms with E-state index in [4.69, 9.17) is 5.73 Å². The first kappa shape index (κ1) is 12.6. The molecule has 0 spiro atoms. The normalized spacial score (nSPS) is 20.6. The number of likely N-dealkylation sites (N-methyl/N-ethyl adjacent to an activating group) is 1. The minimum atomic E-state index is 0.136. The molecule has 2 heterocycles. The van der Waals surface area contributed by atoms with E-state index in [0.29, 0.717) is 5.82 Å². The van der Waals surface area contributed by atoms with Gasteiger partial charge in [-0.25, -0.2) is 9.97 Å². The van der Waals surface area contributed by atoms with Gasteiger partial charge in [-0.05, 0) is 36.8 Å². The van der Waals surface area contributed by atoms with Gasteiger partial charge in [0, 0.05) is 25.2 Å². The van der Waals surface area contributed by atoms with Crippen molar-refractivity contribution in [2.75, 3.05) is 37.3 Å². The lowest BCUT2D eigenvalue weighted by molar-refractivity contribution is 0.138. The molecule has 0 saturated carbocycles. The third-order valence-electron chi connectivity index (χ3n) is 3.41. The number of anilines is 2. The second-order valence-electron chi connectivity index (χ2n) is 5.05. The van der Waals surface area contributed by atoms with E-state index in [-0.39, 0.29) is 5.54 Å². The molecule has 1 fully saturated rings. The largest absolute Gasteiger partial charge is 0.383 e. The Morgan fingerprint density at radius 3 is 2.71 bits per heavy atom. The van der Waals surface area contributed by atoms with E-state index in [1.54, 1.807) is 0 Å². The highest BCUT2D eigenvalue weighted by atomic mass is 79.9. The summed E-state index contributed by atoms with van der Waals surface area (Å²) in [6.45, 7) is 7.37. The fourth-order valence-electron chi connectivity index (χ4n) is 2.02. The van der Waals surface area contributed by atoms with Crippen molar-refractivity contribution >= 4 is 27.6 Å². The summed E-state index contributed by atoms with van der Waals surface area (Å²) in [6.07, 6.45) is 1.51. The number of nitrogens with zero attached hydrogens (tertiary/aromatic N) is 4. The molecule has 1 aliphatic rings. The first-order valence-corrected chi connectivity index (χ1v) is 6.43. The Morgan fingerprint density at radius 1 is 1.35 bits per heavy atom. The van der Waals surface area contributed by atoms with Gasteiger partial charge in [-0.3, -0.25) is 4.90 Å². The summed E-state index contributed by atoms with van der Waals surface area (Å²) in [5.74, 6) is 1.38. The molecule has 94 valence electrons. The van der Waals surface area contributed by atoms with E-state index >= 15 is 0 Å². The lowest BCUT2D eigenvalue weighted by atomic mass is 10.00. The molecule has 1 saturated heterocycles. The minimum Gasteiger partial charge on any atom is -0.383 e. The fourth-order valence-corrected chi connectivity index (χ4v) is 2.47. The van der Waals surface area contributed by atoms with Gasteiger partial charge in [-0.15, -0.1) is 0 Å². The number of halogens is 1. The quantitative estimate of drug-likeness (QED) is 0.848. The van der Waals surface area contributed by atoms with Gasteiger partial charge >= 0.3 is 0 Å². The van der Waals surface area contributed by atoms with E-state index in [2.05, 4.69) is 56.6 Å². The van der Waals surface area contributed by atoms with Crippen molar-refractivity contribution in [3.8, 4) is 0 Å². The van der Waals surface area contributed by atoms with Crippen LogP contribution in [0.25, 0.3) is 0 Å².